The van der Waals surface area contributed by atoms with E-state index in [0.717, 1.165) is 31.7 Å². The summed E-state index contributed by atoms with van der Waals surface area (Å²) in [6.07, 6.45) is 4.01. The molecule has 4 heteroatoms. The zero-order chi connectivity index (χ0) is 11.1. The Balaban J connectivity index is 2.10. The monoisotopic (exact) mass is 211 g/mol. The smallest absolute Gasteiger partial charge is 0.0637 e. The first-order valence-corrected chi connectivity index (χ1v) is 5.43. The first kappa shape index (κ1) is 12.2. The number of nitrogens with one attached hydrogen (secondary N) is 1. The summed E-state index contributed by atoms with van der Waals surface area (Å²) in [5.41, 5.74) is 1.14. The normalized spacial score (nSPS) is 13.0. The second kappa shape index (κ2) is 6.58. The summed E-state index contributed by atoms with van der Waals surface area (Å²) >= 11 is 0. The number of nitrogens with zero attached hydrogens (tertiary/aromatic N) is 2. The molecule has 0 aromatic carbocycles. The van der Waals surface area contributed by atoms with E-state index < -0.39 is 0 Å². The summed E-state index contributed by atoms with van der Waals surface area (Å²) in [6.45, 7) is 3.97. The maximum Gasteiger partial charge on any atom is 0.0637 e. The third kappa shape index (κ3) is 4.95. The molecule has 0 aliphatic carbocycles. The molecule has 15 heavy (non-hydrogen) atoms. The molecule has 1 aromatic rings. The SMILES string of the molecule is COCCC(C)NCCc1ccn(C)n1. The molecule has 1 heterocycles. The van der Waals surface area contributed by atoms with Crippen molar-refractivity contribution in [3.8, 4) is 0 Å². The Bertz CT molecular complexity index is 273. The quantitative estimate of drug-likeness (QED) is 0.730. The van der Waals surface area contributed by atoms with Crippen molar-refractivity contribution in [2.45, 2.75) is 25.8 Å². The molecule has 1 unspecified atom stereocenters. The average molecular weight is 211 g/mol. The van der Waals surface area contributed by atoms with Crippen LogP contribution < -0.4 is 5.32 Å². The van der Waals surface area contributed by atoms with Crippen molar-refractivity contribution in [3.63, 3.8) is 0 Å². The molecular formula is C11H21N3O. The Morgan fingerprint density at radius 2 is 2.40 bits per heavy atom. The highest BCUT2D eigenvalue weighted by atomic mass is 16.5. The van der Waals surface area contributed by atoms with Crippen molar-refractivity contribution in [1.82, 2.24) is 15.1 Å². The van der Waals surface area contributed by atoms with Crippen molar-refractivity contribution in [2.75, 3.05) is 20.3 Å². The highest BCUT2D eigenvalue weighted by Gasteiger charge is 2.01. The molecule has 1 rings (SSSR count). The van der Waals surface area contributed by atoms with E-state index in [4.69, 9.17) is 4.74 Å². The third-order valence-electron chi connectivity index (χ3n) is 2.40. The summed E-state index contributed by atoms with van der Waals surface area (Å²) in [5, 5.41) is 7.77. The fraction of sp³-hybridized carbons (Fsp3) is 0.727. The molecule has 0 aliphatic heterocycles. The van der Waals surface area contributed by atoms with E-state index in [0.29, 0.717) is 6.04 Å². The Morgan fingerprint density at radius 3 is 3.00 bits per heavy atom. The van der Waals surface area contributed by atoms with Crippen LogP contribution in [0.25, 0.3) is 0 Å². The molecule has 0 saturated carbocycles. The van der Waals surface area contributed by atoms with Gasteiger partial charge in [0, 0.05) is 46.0 Å². The predicted octanol–water partition coefficient (Wildman–Crippen LogP) is 0.977. The van der Waals surface area contributed by atoms with Gasteiger partial charge in [-0.3, -0.25) is 4.68 Å². The van der Waals surface area contributed by atoms with Crippen LogP contribution in [0.3, 0.4) is 0 Å². The average Bonchev–Trinajstić information content (AvgIpc) is 2.61. The van der Waals surface area contributed by atoms with E-state index in [2.05, 4.69) is 23.4 Å². The van der Waals surface area contributed by atoms with Gasteiger partial charge in [-0.1, -0.05) is 0 Å². The molecule has 0 saturated heterocycles. The van der Waals surface area contributed by atoms with Crippen LogP contribution in [0.15, 0.2) is 12.3 Å². The number of hydrogen-bond donors (Lipinski definition) is 1. The molecule has 0 radical (unpaired) electrons. The molecule has 0 fully saturated rings. The Kier molecular flexibility index (Phi) is 5.36. The Morgan fingerprint density at radius 1 is 1.60 bits per heavy atom. The van der Waals surface area contributed by atoms with Crippen molar-refractivity contribution >= 4 is 0 Å². The van der Waals surface area contributed by atoms with Crippen LogP contribution in [0.5, 0.6) is 0 Å². The van der Waals surface area contributed by atoms with Gasteiger partial charge in [0.2, 0.25) is 0 Å². The zero-order valence-corrected chi connectivity index (χ0v) is 9.86. The highest BCUT2D eigenvalue weighted by Crippen LogP contribution is 1.96. The van der Waals surface area contributed by atoms with Crippen LogP contribution in [-0.4, -0.2) is 36.1 Å². The molecule has 0 amide bonds. The fourth-order valence-electron chi connectivity index (χ4n) is 1.44. The molecular weight excluding hydrogens is 190 g/mol. The van der Waals surface area contributed by atoms with Crippen LogP contribution in [0.1, 0.15) is 19.0 Å². The van der Waals surface area contributed by atoms with Crippen LogP contribution >= 0.6 is 0 Å². The molecule has 4 nitrogen and oxygen atoms in total. The lowest BCUT2D eigenvalue weighted by Gasteiger charge is -2.12. The largest absolute Gasteiger partial charge is 0.385 e. The summed E-state index contributed by atoms with van der Waals surface area (Å²) in [6, 6.07) is 2.57. The second-order valence-corrected chi connectivity index (χ2v) is 3.87. The van der Waals surface area contributed by atoms with Gasteiger partial charge < -0.3 is 10.1 Å². The van der Waals surface area contributed by atoms with E-state index >= 15 is 0 Å². The summed E-state index contributed by atoms with van der Waals surface area (Å²) in [7, 11) is 3.68. The first-order chi connectivity index (χ1) is 7.22. The Hall–Kier alpha value is -0.870. The maximum atomic E-state index is 5.02. The number of aryl methyl sites for hydroxylation is 1. The lowest BCUT2D eigenvalue weighted by molar-refractivity contribution is 0.185. The maximum absolute atomic E-state index is 5.02. The number of rotatable bonds is 7. The van der Waals surface area contributed by atoms with Gasteiger partial charge in [0.1, 0.15) is 0 Å². The van der Waals surface area contributed by atoms with Crippen LogP contribution in [0, 0.1) is 0 Å². The van der Waals surface area contributed by atoms with Gasteiger partial charge in [-0.2, -0.15) is 5.10 Å². The molecule has 0 aliphatic rings. The number of hydrogen-bond acceptors (Lipinski definition) is 3. The van der Waals surface area contributed by atoms with E-state index in [-0.39, 0.29) is 0 Å². The van der Waals surface area contributed by atoms with E-state index in [1.807, 2.05) is 17.9 Å². The van der Waals surface area contributed by atoms with Crippen LogP contribution in [0.4, 0.5) is 0 Å². The van der Waals surface area contributed by atoms with Gasteiger partial charge in [-0.25, -0.2) is 0 Å². The molecule has 1 atom stereocenters. The van der Waals surface area contributed by atoms with Gasteiger partial charge in [-0.15, -0.1) is 0 Å². The predicted molar refractivity (Wildman–Crippen MR) is 60.9 cm³/mol. The number of ether oxygens (including phenoxy) is 1. The van der Waals surface area contributed by atoms with Crippen molar-refractivity contribution in [1.29, 1.82) is 0 Å². The zero-order valence-electron chi connectivity index (χ0n) is 9.86. The molecule has 1 aromatic heterocycles. The minimum absolute atomic E-state index is 0.508. The third-order valence-corrected chi connectivity index (χ3v) is 2.40. The van der Waals surface area contributed by atoms with E-state index in [1.165, 1.54) is 0 Å². The number of aromatic nitrogens is 2. The minimum Gasteiger partial charge on any atom is -0.385 e. The van der Waals surface area contributed by atoms with Crippen molar-refractivity contribution < 1.29 is 4.74 Å². The lowest BCUT2D eigenvalue weighted by Crippen LogP contribution is -2.29. The van der Waals surface area contributed by atoms with E-state index in [9.17, 15) is 0 Å². The topological polar surface area (TPSA) is 39.1 Å². The molecule has 1 N–H and O–H groups in total. The van der Waals surface area contributed by atoms with Crippen molar-refractivity contribution in [2.24, 2.45) is 7.05 Å². The van der Waals surface area contributed by atoms with E-state index in [1.54, 1.807) is 7.11 Å². The highest BCUT2D eigenvalue weighted by molar-refractivity contribution is 4.98. The molecule has 0 spiro atoms. The summed E-state index contributed by atoms with van der Waals surface area (Å²) < 4.78 is 6.86. The second-order valence-electron chi connectivity index (χ2n) is 3.87. The number of methoxy groups -OCH3 is 1. The van der Waals surface area contributed by atoms with Crippen LogP contribution in [-0.2, 0) is 18.2 Å². The molecule has 0 bridgehead atoms. The minimum atomic E-state index is 0.508. The van der Waals surface area contributed by atoms with Gasteiger partial charge >= 0.3 is 0 Å². The van der Waals surface area contributed by atoms with Gasteiger partial charge in [0.05, 0.1) is 5.69 Å². The standard InChI is InChI=1S/C11H21N3O/c1-10(6-9-15-3)12-7-4-11-5-8-14(2)13-11/h5,8,10,12H,4,6-7,9H2,1-3H3. The van der Waals surface area contributed by atoms with Gasteiger partial charge in [0.15, 0.2) is 0 Å². The van der Waals surface area contributed by atoms with Crippen LogP contribution in [0.2, 0.25) is 0 Å². The summed E-state index contributed by atoms with van der Waals surface area (Å²) in [5.74, 6) is 0. The summed E-state index contributed by atoms with van der Waals surface area (Å²) in [4.78, 5) is 0. The fourth-order valence-corrected chi connectivity index (χ4v) is 1.44. The van der Waals surface area contributed by atoms with Gasteiger partial charge in [0.25, 0.3) is 0 Å². The lowest BCUT2D eigenvalue weighted by atomic mass is 10.2. The molecule has 86 valence electrons. The Labute approximate surface area is 91.6 Å². The van der Waals surface area contributed by atoms with Crippen molar-refractivity contribution in [3.05, 3.63) is 18.0 Å². The van der Waals surface area contributed by atoms with Gasteiger partial charge in [-0.05, 0) is 19.4 Å². The first-order valence-electron chi connectivity index (χ1n) is 5.43.